The predicted octanol–water partition coefficient (Wildman–Crippen LogP) is 4.70. The van der Waals surface area contributed by atoms with Crippen LogP contribution in [0.5, 0.6) is 11.5 Å². The van der Waals surface area contributed by atoms with Crippen LogP contribution in [-0.2, 0) is 10.3 Å². The van der Waals surface area contributed by atoms with Crippen molar-refractivity contribution in [1.82, 2.24) is 20.4 Å². The van der Waals surface area contributed by atoms with Crippen LogP contribution >= 0.6 is 0 Å². The summed E-state index contributed by atoms with van der Waals surface area (Å²) >= 11 is 0. The lowest BCUT2D eigenvalue weighted by atomic mass is 9.82. The molecule has 0 radical (unpaired) electrons. The van der Waals surface area contributed by atoms with Gasteiger partial charge in [-0.05, 0) is 88.4 Å². The minimum absolute atomic E-state index is 0.0399. The van der Waals surface area contributed by atoms with E-state index in [0.717, 1.165) is 11.6 Å². The highest BCUT2D eigenvalue weighted by molar-refractivity contribution is 5.99. The maximum atomic E-state index is 15.2. The number of ether oxygens (including phenoxy) is 1. The zero-order valence-electron chi connectivity index (χ0n) is 24.0. The van der Waals surface area contributed by atoms with Crippen LogP contribution in [0.2, 0.25) is 0 Å². The highest BCUT2D eigenvalue weighted by Crippen LogP contribution is 2.54. The topological polar surface area (TPSA) is 128 Å². The van der Waals surface area contributed by atoms with E-state index in [1.54, 1.807) is 31.7 Å². The Morgan fingerprint density at radius 3 is 2.60 bits per heavy atom. The van der Waals surface area contributed by atoms with E-state index in [0.29, 0.717) is 24.1 Å². The highest BCUT2D eigenvalue weighted by atomic mass is 19.1. The second-order valence-corrected chi connectivity index (χ2v) is 11.7. The summed E-state index contributed by atoms with van der Waals surface area (Å²) in [5.74, 6) is -2.72. The standard InChI is InChI=1S/C31H31F2N5O4/c1-16-6-7-20(32)13-21(16)31-9-8-25(30(4,5)15-34)38(31)29(41)23(14-31)35-27(39)19-10-17(2)26(22(33)12-19)42-24-11-18(3)36-37-28(24)40/h6-7,10-13,23,25H,8-9,14H2,1-5H3,(H,35,39)(H,37,40)/t23-,25+,31+/m0/s1. The lowest BCUT2D eigenvalue weighted by Crippen LogP contribution is -2.50. The summed E-state index contributed by atoms with van der Waals surface area (Å²) in [6.45, 7) is 8.54. The van der Waals surface area contributed by atoms with Gasteiger partial charge in [0.05, 0.1) is 28.8 Å². The zero-order chi connectivity index (χ0) is 30.6. The number of H-pyrrole nitrogens is 1. The molecule has 2 aromatic carbocycles. The molecule has 0 spiro atoms. The molecule has 42 heavy (non-hydrogen) atoms. The molecule has 2 saturated heterocycles. The van der Waals surface area contributed by atoms with Crippen molar-refractivity contribution in [3.63, 3.8) is 0 Å². The van der Waals surface area contributed by atoms with Crippen LogP contribution in [-0.4, -0.2) is 39.0 Å². The van der Waals surface area contributed by atoms with Gasteiger partial charge in [0.2, 0.25) is 5.91 Å². The molecule has 2 fully saturated rings. The van der Waals surface area contributed by atoms with Crippen LogP contribution in [0, 0.1) is 49.2 Å². The van der Waals surface area contributed by atoms with Gasteiger partial charge in [0.15, 0.2) is 17.3 Å². The van der Waals surface area contributed by atoms with Crippen LogP contribution in [0.4, 0.5) is 8.78 Å². The van der Waals surface area contributed by atoms with Gasteiger partial charge in [-0.3, -0.25) is 14.4 Å². The van der Waals surface area contributed by atoms with Crippen molar-refractivity contribution < 1.29 is 23.1 Å². The summed E-state index contributed by atoms with van der Waals surface area (Å²) in [5, 5.41) is 18.7. The number of nitrogens with zero attached hydrogens (tertiary/aromatic N) is 3. The fourth-order valence-corrected chi connectivity index (χ4v) is 6.32. The first-order valence-corrected chi connectivity index (χ1v) is 13.6. The maximum Gasteiger partial charge on any atom is 0.307 e. The van der Waals surface area contributed by atoms with E-state index < -0.39 is 46.1 Å². The average Bonchev–Trinajstić information content (AvgIpc) is 3.45. The largest absolute Gasteiger partial charge is 0.448 e. The second-order valence-electron chi connectivity index (χ2n) is 11.7. The summed E-state index contributed by atoms with van der Waals surface area (Å²) in [6, 6.07) is 9.08. The van der Waals surface area contributed by atoms with Crippen molar-refractivity contribution in [1.29, 1.82) is 5.26 Å². The van der Waals surface area contributed by atoms with E-state index in [1.807, 2.05) is 6.92 Å². The van der Waals surface area contributed by atoms with Gasteiger partial charge >= 0.3 is 5.56 Å². The minimum Gasteiger partial charge on any atom is -0.448 e. The van der Waals surface area contributed by atoms with Crippen molar-refractivity contribution in [2.45, 2.75) is 71.5 Å². The van der Waals surface area contributed by atoms with Gasteiger partial charge in [-0.1, -0.05) is 6.07 Å². The van der Waals surface area contributed by atoms with Crippen LogP contribution in [0.1, 0.15) is 65.9 Å². The number of hydrogen-bond donors (Lipinski definition) is 2. The van der Waals surface area contributed by atoms with Crippen molar-refractivity contribution in [2.24, 2.45) is 5.41 Å². The first-order valence-electron chi connectivity index (χ1n) is 13.6. The predicted molar refractivity (Wildman–Crippen MR) is 149 cm³/mol. The van der Waals surface area contributed by atoms with Crippen molar-refractivity contribution >= 4 is 11.8 Å². The number of amides is 2. The molecule has 2 aliphatic heterocycles. The lowest BCUT2D eigenvalue weighted by molar-refractivity contribution is -0.135. The molecule has 5 rings (SSSR count). The summed E-state index contributed by atoms with van der Waals surface area (Å²) in [5.41, 5.74) is -0.301. The number of nitrogens with one attached hydrogen (secondary N) is 2. The Morgan fingerprint density at radius 2 is 1.90 bits per heavy atom. The van der Waals surface area contributed by atoms with Crippen molar-refractivity contribution in [3.8, 4) is 17.6 Å². The van der Waals surface area contributed by atoms with E-state index >= 15 is 4.39 Å². The molecule has 218 valence electrons. The Balaban J connectivity index is 1.45. The lowest BCUT2D eigenvalue weighted by Gasteiger charge is -2.40. The highest BCUT2D eigenvalue weighted by Gasteiger charge is 2.61. The number of fused-ring (bicyclic) bond motifs is 1. The van der Waals surface area contributed by atoms with E-state index in [9.17, 15) is 24.0 Å². The SMILES string of the molecule is Cc1cc(Oc2c(C)cc(C(=O)N[C@H]3C[C@@]4(c5cc(F)ccc5C)CC[C@H](C(C)(C)C#N)N4C3=O)cc2F)c(=O)[nH]n1. The molecule has 0 aliphatic carbocycles. The third kappa shape index (κ3) is 4.81. The first kappa shape index (κ1) is 28.9. The molecule has 0 bridgehead atoms. The third-order valence-electron chi connectivity index (χ3n) is 8.41. The molecule has 1 aromatic heterocycles. The van der Waals surface area contributed by atoms with E-state index in [2.05, 4.69) is 21.6 Å². The van der Waals surface area contributed by atoms with Gasteiger partial charge in [-0.25, -0.2) is 13.9 Å². The van der Waals surface area contributed by atoms with Gasteiger partial charge in [-0.2, -0.15) is 10.4 Å². The van der Waals surface area contributed by atoms with E-state index in [1.165, 1.54) is 31.2 Å². The summed E-state index contributed by atoms with van der Waals surface area (Å²) in [6.07, 6.45) is 1.22. The number of aromatic nitrogens is 2. The molecule has 2 N–H and O–H groups in total. The van der Waals surface area contributed by atoms with Gasteiger partial charge in [0, 0.05) is 18.1 Å². The molecule has 2 aliphatic rings. The minimum atomic E-state index is -0.977. The number of benzene rings is 2. The van der Waals surface area contributed by atoms with Crippen molar-refractivity contribution in [3.05, 3.63) is 86.3 Å². The Kier molecular flexibility index (Phi) is 7.13. The summed E-state index contributed by atoms with van der Waals surface area (Å²) in [7, 11) is 0. The van der Waals surface area contributed by atoms with Gasteiger partial charge < -0.3 is 15.0 Å². The molecule has 3 aromatic rings. The third-order valence-corrected chi connectivity index (χ3v) is 8.41. The van der Waals surface area contributed by atoms with E-state index in [-0.39, 0.29) is 35.0 Å². The molecule has 11 heteroatoms. The number of carbonyl (C=O) groups is 2. The molecular weight excluding hydrogens is 544 g/mol. The summed E-state index contributed by atoms with van der Waals surface area (Å²) in [4.78, 5) is 41.0. The Morgan fingerprint density at radius 1 is 1.17 bits per heavy atom. The van der Waals surface area contributed by atoms with Crippen LogP contribution in [0.3, 0.4) is 0 Å². The number of halogens is 2. The Bertz CT molecular complexity index is 1690. The molecule has 3 heterocycles. The number of hydrogen-bond acceptors (Lipinski definition) is 6. The number of carbonyl (C=O) groups excluding carboxylic acids is 2. The average molecular weight is 576 g/mol. The number of aromatic amines is 1. The Labute approximate surface area is 241 Å². The normalized spacial score (nSPS) is 21.7. The van der Waals surface area contributed by atoms with Crippen LogP contribution in [0.15, 0.2) is 41.2 Å². The molecule has 0 saturated carbocycles. The first-order chi connectivity index (χ1) is 19.8. The monoisotopic (exact) mass is 575 g/mol. The van der Waals surface area contributed by atoms with Crippen LogP contribution < -0.4 is 15.6 Å². The molecular formula is C31H31F2N5O4. The fourth-order valence-electron chi connectivity index (χ4n) is 6.32. The second kappa shape index (κ2) is 10.4. The molecule has 0 unspecified atom stereocenters. The smallest absolute Gasteiger partial charge is 0.307 e. The number of nitriles is 1. The number of aryl methyl sites for hydroxylation is 3. The Hall–Kier alpha value is -4.59. The van der Waals surface area contributed by atoms with Crippen molar-refractivity contribution in [2.75, 3.05) is 0 Å². The maximum absolute atomic E-state index is 15.2. The van der Waals surface area contributed by atoms with Crippen LogP contribution in [0.25, 0.3) is 0 Å². The summed E-state index contributed by atoms with van der Waals surface area (Å²) < 4.78 is 35.2. The molecule has 9 nitrogen and oxygen atoms in total. The molecule has 2 amide bonds. The van der Waals surface area contributed by atoms with E-state index in [4.69, 9.17) is 4.74 Å². The van der Waals surface area contributed by atoms with Gasteiger partial charge in [0.1, 0.15) is 11.9 Å². The quantitative estimate of drug-likeness (QED) is 0.438. The zero-order valence-corrected chi connectivity index (χ0v) is 24.0. The number of rotatable bonds is 6. The van der Waals surface area contributed by atoms with Gasteiger partial charge in [0.25, 0.3) is 5.91 Å². The van der Waals surface area contributed by atoms with Gasteiger partial charge in [-0.15, -0.1) is 0 Å². The fraction of sp³-hybridized carbons (Fsp3) is 0.387. The molecule has 3 atom stereocenters.